The molecule has 62 valence electrons. The summed E-state index contributed by atoms with van der Waals surface area (Å²) in [5, 5.41) is 0. The topological polar surface area (TPSA) is 180 Å². The maximum atomic E-state index is 0. The molecule has 6 N–H and O–H groups in total. The van der Waals surface area contributed by atoms with Crippen molar-refractivity contribution in [3.8, 4) is 0 Å². The van der Waals surface area contributed by atoms with Gasteiger partial charge in [0.25, 0.3) is 0 Å². The molecule has 0 amide bonds. The van der Waals surface area contributed by atoms with Gasteiger partial charge in [-0.05, 0) is 0 Å². The quantitative estimate of drug-likeness (QED) is 0.467. The molecule has 0 bridgehead atoms. The Morgan fingerprint density at radius 1 is 0.444 bits per heavy atom. The summed E-state index contributed by atoms with van der Waals surface area (Å²) in [6, 6.07) is 0. The van der Waals surface area contributed by atoms with Crippen LogP contribution in [-0.2, 0) is 33.6 Å². The third-order valence-corrected chi connectivity index (χ3v) is 0. The third kappa shape index (κ3) is 229. The second-order valence-electron chi connectivity index (χ2n) is 0. The van der Waals surface area contributed by atoms with E-state index in [1.54, 1.807) is 0 Å². The van der Waals surface area contributed by atoms with Crippen LogP contribution < -0.4 is 0 Å². The normalized spacial score (nSPS) is 0. The average molecular weight is 241 g/mol. The number of hydrogen-bond acceptors (Lipinski definition) is 6. The average Bonchev–Trinajstić information content (AvgIpc) is 0. The van der Waals surface area contributed by atoms with E-state index in [0.717, 1.165) is 0 Å². The summed E-state index contributed by atoms with van der Waals surface area (Å²) in [6.07, 6.45) is 0. The van der Waals surface area contributed by atoms with E-state index in [0.29, 0.717) is 0 Å². The second kappa shape index (κ2) is 294. The van der Waals surface area contributed by atoms with Gasteiger partial charge in [-0.2, -0.15) is 0 Å². The molecule has 0 unspecified atom stereocenters. The molecule has 0 aliphatic rings. The predicted molar refractivity (Wildman–Crippen MR) is 17.4 cm³/mol. The van der Waals surface area contributed by atoms with Crippen molar-refractivity contribution in [1.82, 2.24) is 0 Å². The van der Waals surface area contributed by atoms with Crippen LogP contribution in [0.4, 0.5) is 0 Å². The SMILES string of the molecule is [Fe+2].[Mg+2].[Ni+2].[OH-].[OH-].[OH-].[OH-].[OH-].[OH-]. The van der Waals surface area contributed by atoms with E-state index >= 15 is 0 Å². The molecule has 9 heteroatoms. The summed E-state index contributed by atoms with van der Waals surface area (Å²) in [7, 11) is 0. The van der Waals surface area contributed by atoms with Gasteiger partial charge < -0.3 is 32.9 Å². The first-order chi connectivity index (χ1) is 0. The molecule has 9 heavy (non-hydrogen) atoms. The minimum Gasteiger partial charge on any atom is -0.870 e. The van der Waals surface area contributed by atoms with E-state index in [9.17, 15) is 0 Å². The van der Waals surface area contributed by atoms with E-state index < -0.39 is 0 Å². The van der Waals surface area contributed by atoms with Crippen LogP contribution in [0.3, 0.4) is 0 Å². The van der Waals surface area contributed by atoms with Crippen molar-refractivity contribution in [3.63, 3.8) is 0 Å². The maximum absolute atomic E-state index is 0. The van der Waals surface area contributed by atoms with Crippen LogP contribution >= 0.6 is 0 Å². The molecule has 0 spiro atoms. The molecule has 0 atom stereocenters. The molecule has 0 fully saturated rings. The molecule has 0 saturated heterocycles. The molecule has 0 aromatic carbocycles. The fourth-order valence-electron chi connectivity index (χ4n) is 0. The molecule has 0 radical (unpaired) electrons. The monoisotopic (exact) mass is 240 g/mol. The Balaban J connectivity index is 0. The van der Waals surface area contributed by atoms with Crippen molar-refractivity contribution in [2.24, 2.45) is 0 Å². The van der Waals surface area contributed by atoms with Crippen molar-refractivity contribution >= 4 is 23.1 Å². The van der Waals surface area contributed by atoms with Gasteiger partial charge in [0.1, 0.15) is 0 Å². The number of hydrogen-bond donors (Lipinski definition) is 0. The smallest absolute Gasteiger partial charge is 0.870 e. The van der Waals surface area contributed by atoms with Gasteiger partial charge in [0, 0.05) is 0 Å². The fraction of sp³-hybridized carbons (Fsp3) is 0. The fourth-order valence-corrected chi connectivity index (χ4v) is 0. The van der Waals surface area contributed by atoms with Gasteiger partial charge in [-0.1, -0.05) is 0 Å². The molecule has 0 rings (SSSR count). The van der Waals surface area contributed by atoms with Crippen LogP contribution in [0.15, 0.2) is 0 Å². The van der Waals surface area contributed by atoms with Crippen molar-refractivity contribution in [1.29, 1.82) is 0 Å². The summed E-state index contributed by atoms with van der Waals surface area (Å²) in [5.41, 5.74) is 0. The van der Waals surface area contributed by atoms with Crippen molar-refractivity contribution < 1.29 is 66.4 Å². The van der Waals surface area contributed by atoms with E-state index in [1.807, 2.05) is 0 Å². The van der Waals surface area contributed by atoms with Crippen LogP contribution in [0.1, 0.15) is 0 Å². The van der Waals surface area contributed by atoms with Crippen molar-refractivity contribution in [2.75, 3.05) is 0 Å². The van der Waals surface area contributed by atoms with E-state index in [1.165, 1.54) is 0 Å². The summed E-state index contributed by atoms with van der Waals surface area (Å²) < 4.78 is 0. The van der Waals surface area contributed by atoms with Gasteiger partial charge in [-0.3, -0.25) is 0 Å². The van der Waals surface area contributed by atoms with Crippen LogP contribution in [0.5, 0.6) is 0 Å². The first-order valence-corrected chi connectivity index (χ1v) is 0. The van der Waals surface area contributed by atoms with Gasteiger partial charge in [0.2, 0.25) is 0 Å². The molecule has 0 aromatic rings. The Bertz CT molecular complexity index is 13.0. The molecule has 0 heterocycles. The minimum atomic E-state index is 0. The maximum Gasteiger partial charge on any atom is 2.00 e. The summed E-state index contributed by atoms with van der Waals surface area (Å²) in [4.78, 5) is 0. The van der Waals surface area contributed by atoms with Crippen LogP contribution in [0.2, 0.25) is 0 Å². The van der Waals surface area contributed by atoms with Gasteiger partial charge in [0.15, 0.2) is 0 Å². The Hall–Kier alpha value is 1.54. The van der Waals surface area contributed by atoms with E-state index in [4.69, 9.17) is 0 Å². The summed E-state index contributed by atoms with van der Waals surface area (Å²) in [6.45, 7) is 0. The van der Waals surface area contributed by atoms with Gasteiger partial charge in [-0.15, -0.1) is 0 Å². The van der Waals surface area contributed by atoms with Gasteiger partial charge in [-0.25, -0.2) is 0 Å². The Kier molecular flexibility index (Phi) is 13200. The molecule has 0 saturated carbocycles. The van der Waals surface area contributed by atoms with Gasteiger partial charge in [0.05, 0.1) is 0 Å². The second-order valence-corrected chi connectivity index (χ2v) is 0. The minimum absolute atomic E-state index is 0. The van der Waals surface area contributed by atoms with Gasteiger partial charge >= 0.3 is 56.6 Å². The Morgan fingerprint density at radius 3 is 0.444 bits per heavy atom. The summed E-state index contributed by atoms with van der Waals surface area (Å²) in [5.74, 6) is 0. The molecular formula is H6FeMgNiO6. The van der Waals surface area contributed by atoms with E-state index in [2.05, 4.69) is 0 Å². The summed E-state index contributed by atoms with van der Waals surface area (Å²) >= 11 is 0. The van der Waals surface area contributed by atoms with E-state index in [-0.39, 0.29) is 89.5 Å². The zero-order valence-electron chi connectivity index (χ0n) is 4.06. The van der Waals surface area contributed by atoms with Crippen LogP contribution in [-0.4, -0.2) is 55.9 Å². The molecule has 0 aliphatic carbocycles. The zero-order valence-corrected chi connectivity index (χ0v) is 7.57. The predicted octanol–water partition coefficient (Wildman–Crippen LogP) is -1.45. The third-order valence-electron chi connectivity index (χ3n) is 0. The first-order valence-electron chi connectivity index (χ1n) is 0. The van der Waals surface area contributed by atoms with Crippen molar-refractivity contribution in [3.05, 3.63) is 0 Å². The number of rotatable bonds is 0. The molecule has 0 aliphatic heterocycles. The zero-order chi connectivity index (χ0) is 0. The van der Waals surface area contributed by atoms with Crippen molar-refractivity contribution in [2.45, 2.75) is 0 Å². The molecule has 0 aromatic heterocycles. The molecule has 6 nitrogen and oxygen atoms in total. The van der Waals surface area contributed by atoms with Crippen LogP contribution in [0.25, 0.3) is 0 Å². The molecular weight excluding hydrogens is 235 g/mol. The Morgan fingerprint density at radius 2 is 0.444 bits per heavy atom. The largest absolute Gasteiger partial charge is 2.00 e. The Labute approximate surface area is 89.2 Å². The van der Waals surface area contributed by atoms with Crippen LogP contribution in [0, 0.1) is 0 Å². The standard InChI is InChI=1S/Fe.Mg.Ni.6H2O/h;;;6*1H2/q3*+2;;;;;;/p-6. The first kappa shape index (κ1) is 405.